The number of aliphatic carboxylic acids is 2. The molecule has 0 aliphatic carbocycles. The van der Waals surface area contributed by atoms with Crippen LogP contribution in [0.15, 0.2) is 50.3 Å². The third kappa shape index (κ3) is 6.97. The molecule has 16 heteroatoms. The van der Waals surface area contributed by atoms with Crippen molar-refractivity contribution < 1.29 is 34.2 Å². The van der Waals surface area contributed by atoms with Crippen molar-refractivity contribution in [1.82, 2.24) is 25.7 Å². The number of rotatable bonds is 13. The van der Waals surface area contributed by atoms with Gasteiger partial charge in [-0.05, 0) is 36.8 Å². The summed E-state index contributed by atoms with van der Waals surface area (Å²) in [5, 5.41) is 32.0. The smallest absolute Gasteiger partial charge is 0.352 e. The fraction of sp³-hybridized carbons (Fsp3) is 0.375. The molecule has 3 heterocycles. The molecule has 0 bridgehead atoms. The number of nitrogens with one attached hydrogen (secondary N) is 2. The number of carbonyl (C=O) groups is 5. The molecule has 4 rings (SSSR count). The number of amides is 3. The summed E-state index contributed by atoms with van der Waals surface area (Å²) in [6, 6.07) is 6.15. The average Bonchev–Trinajstić information content (AvgIpc) is 3.42. The number of β-lactam (4-membered cyclic amide) rings is 1. The van der Waals surface area contributed by atoms with Crippen molar-refractivity contribution in [3.63, 3.8) is 0 Å². The van der Waals surface area contributed by atoms with E-state index in [9.17, 15) is 34.2 Å². The SMILES string of the molecule is CSc1nnc(SCC2=C(C(=O)O)N3C(=O)C(NC(=O)CCC[C@@H](NC(=O)c4ccccc4)C(=O)O)[C@H]3SC2)s1. The summed E-state index contributed by atoms with van der Waals surface area (Å²) < 4.78 is 1.51. The van der Waals surface area contributed by atoms with Gasteiger partial charge in [0.1, 0.15) is 23.2 Å². The lowest BCUT2D eigenvalue weighted by Crippen LogP contribution is -2.70. The summed E-state index contributed by atoms with van der Waals surface area (Å²) in [7, 11) is 0. The minimum Gasteiger partial charge on any atom is -0.480 e. The first-order valence-corrected chi connectivity index (χ1v) is 16.1. The van der Waals surface area contributed by atoms with E-state index in [1.54, 1.807) is 30.3 Å². The van der Waals surface area contributed by atoms with Gasteiger partial charge in [0.05, 0.1) is 0 Å². The van der Waals surface area contributed by atoms with E-state index in [2.05, 4.69) is 20.8 Å². The van der Waals surface area contributed by atoms with Crippen LogP contribution in [0.3, 0.4) is 0 Å². The largest absolute Gasteiger partial charge is 0.480 e. The standard InChI is InChI=1S/C24H25N5O7S4/c1-37-23-27-28-24(40-23)39-11-13-10-38-20-16(19(32)29(20)17(13)22(35)36)26-15(30)9-5-8-14(21(33)34)25-18(31)12-6-3-2-4-7-12/h2-4,6-7,14,16,20H,5,8-11H2,1H3,(H,25,31)(H,26,30)(H,33,34)(H,35,36)/t14-,16?,20-/m1/s1. The monoisotopic (exact) mass is 623 g/mol. The maximum atomic E-state index is 12.9. The van der Waals surface area contributed by atoms with Crippen molar-refractivity contribution >= 4 is 76.3 Å². The summed E-state index contributed by atoms with van der Waals surface area (Å²) in [6.07, 6.45) is 2.01. The molecule has 40 heavy (non-hydrogen) atoms. The van der Waals surface area contributed by atoms with E-state index in [0.717, 1.165) is 4.34 Å². The number of thioether (sulfide) groups is 3. The lowest BCUT2D eigenvalue weighted by molar-refractivity contribution is -0.150. The summed E-state index contributed by atoms with van der Waals surface area (Å²) in [5.74, 6) is -3.20. The number of hydrogen-bond acceptors (Lipinski definition) is 11. The lowest BCUT2D eigenvalue weighted by Gasteiger charge is -2.49. The van der Waals surface area contributed by atoms with E-state index in [4.69, 9.17) is 0 Å². The maximum absolute atomic E-state index is 12.9. The molecular weight excluding hydrogens is 599 g/mol. The zero-order valence-corrected chi connectivity index (χ0v) is 24.3. The molecule has 2 aromatic rings. The second kappa shape index (κ2) is 13.5. The van der Waals surface area contributed by atoms with Gasteiger partial charge in [-0.25, -0.2) is 9.59 Å². The highest BCUT2D eigenvalue weighted by Gasteiger charge is 2.54. The van der Waals surface area contributed by atoms with Crippen LogP contribution in [0.5, 0.6) is 0 Å². The van der Waals surface area contributed by atoms with E-state index in [0.29, 0.717) is 27.0 Å². The van der Waals surface area contributed by atoms with Gasteiger partial charge in [-0.3, -0.25) is 19.3 Å². The Hall–Kier alpha value is -3.08. The predicted octanol–water partition coefficient (Wildman–Crippen LogP) is 2.14. The van der Waals surface area contributed by atoms with Crippen molar-refractivity contribution in [2.24, 2.45) is 0 Å². The van der Waals surface area contributed by atoms with Gasteiger partial charge in [0, 0.05) is 23.5 Å². The van der Waals surface area contributed by atoms with Crippen LogP contribution in [0.4, 0.5) is 0 Å². The number of aromatic nitrogens is 2. The maximum Gasteiger partial charge on any atom is 0.352 e. The molecule has 1 unspecified atom stereocenters. The first-order valence-electron chi connectivity index (χ1n) is 12.0. The van der Waals surface area contributed by atoms with Crippen molar-refractivity contribution in [3.05, 3.63) is 47.2 Å². The molecule has 12 nitrogen and oxygen atoms in total. The molecule has 2 aliphatic rings. The second-order valence-electron chi connectivity index (χ2n) is 8.66. The fourth-order valence-electron chi connectivity index (χ4n) is 4.08. The van der Waals surface area contributed by atoms with Gasteiger partial charge in [0.15, 0.2) is 8.68 Å². The highest BCUT2D eigenvalue weighted by molar-refractivity contribution is 8.03. The Morgan fingerprint density at radius 3 is 2.52 bits per heavy atom. The van der Waals surface area contributed by atoms with Crippen LogP contribution in [0.25, 0.3) is 0 Å². The zero-order chi connectivity index (χ0) is 28.8. The first kappa shape index (κ1) is 29.9. The van der Waals surface area contributed by atoms with E-state index >= 15 is 0 Å². The predicted molar refractivity (Wildman–Crippen MR) is 151 cm³/mol. The molecule has 1 aromatic carbocycles. The quantitative estimate of drug-likeness (QED) is 0.189. The second-order valence-corrected chi connectivity index (χ2v) is 13.0. The van der Waals surface area contributed by atoms with Crippen LogP contribution in [-0.2, 0) is 19.2 Å². The molecule has 2 aliphatic heterocycles. The summed E-state index contributed by atoms with van der Waals surface area (Å²) >= 11 is 5.62. The molecule has 4 N–H and O–H groups in total. The van der Waals surface area contributed by atoms with E-state index in [1.165, 1.54) is 51.5 Å². The van der Waals surface area contributed by atoms with Crippen LogP contribution < -0.4 is 10.6 Å². The van der Waals surface area contributed by atoms with Gasteiger partial charge in [0.25, 0.3) is 11.8 Å². The topological polar surface area (TPSA) is 179 Å². The number of nitrogens with zero attached hydrogens (tertiary/aromatic N) is 3. The molecule has 212 valence electrons. The van der Waals surface area contributed by atoms with Crippen molar-refractivity contribution in [2.75, 3.05) is 17.8 Å². The third-order valence-corrected chi connectivity index (χ3v) is 10.5. The van der Waals surface area contributed by atoms with E-state index < -0.39 is 47.1 Å². The minimum absolute atomic E-state index is 0.0181. The van der Waals surface area contributed by atoms with Crippen LogP contribution in [-0.4, -0.2) is 90.2 Å². The highest BCUT2D eigenvalue weighted by Crippen LogP contribution is 2.42. The Labute approximate surface area is 245 Å². The number of carboxylic acids is 2. The van der Waals surface area contributed by atoms with Gasteiger partial charge in [-0.1, -0.05) is 53.1 Å². The van der Waals surface area contributed by atoms with Crippen LogP contribution in [0.2, 0.25) is 0 Å². The van der Waals surface area contributed by atoms with Crippen LogP contribution in [0.1, 0.15) is 29.6 Å². The number of carbonyl (C=O) groups excluding carboxylic acids is 3. The fourth-order valence-corrected chi connectivity index (χ4v) is 8.01. The molecule has 1 saturated heterocycles. The van der Waals surface area contributed by atoms with Crippen LogP contribution in [0, 0.1) is 0 Å². The Morgan fingerprint density at radius 2 is 1.88 bits per heavy atom. The number of hydrogen-bond donors (Lipinski definition) is 4. The molecule has 3 amide bonds. The van der Waals surface area contributed by atoms with Gasteiger partial charge in [-0.15, -0.1) is 22.0 Å². The summed E-state index contributed by atoms with van der Waals surface area (Å²) in [6.45, 7) is 0. The van der Waals surface area contributed by atoms with Gasteiger partial charge in [-0.2, -0.15) is 0 Å². The van der Waals surface area contributed by atoms with E-state index in [1.807, 2.05) is 6.26 Å². The normalized spacial score (nSPS) is 18.9. The van der Waals surface area contributed by atoms with Gasteiger partial charge >= 0.3 is 11.9 Å². The Morgan fingerprint density at radius 1 is 1.15 bits per heavy atom. The summed E-state index contributed by atoms with van der Waals surface area (Å²) in [4.78, 5) is 62.6. The molecule has 1 fully saturated rings. The molecule has 1 aromatic heterocycles. The molecule has 0 saturated carbocycles. The average molecular weight is 624 g/mol. The van der Waals surface area contributed by atoms with Gasteiger partial charge < -0.3 is 20.8 Å². The van der Waals surface area contributed by atoms with Crippen LogP contribution >= 0.6 is 46.6 Å². The molecule has 0 radical (unpaired) electrons. The number of carboxylic acid groups (broad SMARTS) is 2. The molecule has 0 spiro atoms. The Kier molecular flexibility index (Phi) is 10.1. The van der Waals surface area contributed by atoms with Crippen molar-refractivity contribution in [3.8, 4) is 0 Å². The number of benzene rings is 1. The first-order chi connectivity index (χ1) is 19.2. The Bertz CT molecular complexity index is 1340. The van der Waals surface area contributed by atoms with Gasteiger partial charge in [0.2, 0.25) is 5.91 Å². The number of fused-ring (bicyclic) bond motifs is 1. The highest BCUT2D eigenvalue weighted by atomic mass is 32.2. The van der Waals surface area contributed by atoms with Crippen molar-refractivity contribution in [1.29, 1.82) is 0 Å². The van der Waals surface area contributed by atoms with Crippen molar-refractivity contribution in [2.45, 2.75) is 45.4 Å². The lowest BCUT2D eigenvalue weighted by atomic mass is 10.0. The minimum atomic E-state index is -1.22. The molecule has 3 atom stereocenters. The molecular formula is C24H25N5O7S4. The summed E-state index contributed by atoms with van der Waals surface area (Å²) in [5.41, 5.74) is 0.848. The van der Waals surface area contributed by atoms with E-state index in [-0.39, 0.29) is 25.0 Å². The Balaban J connectivity index is 1.28. The third-order valence-electron chi connectivity index (χ3n) is 6.03. The zero-order valence-electron chi connectivity index (χ0n) is 21.1.